The number of benzene rings is 3. The Kier molecular flexibility index (Phi) is 4.12. The second-order valence-corrected chi connectivity index (χ2v) is 7.29. The van der Waals surface area contributed by atoms with E-state index in [2.05, 4.69) is 55.5 Å². The van der Waals surface area contributed by atoms with Gasteiger partial charge in [0.15, 0.2) is 0 Å². The fourth-order valence-electron chi connectivity index (χ4n) is 4.12. The zero-order valence-corrected chi connectivity index (χ0v) is 15.3. The van der Waals surface area contributed by atoms with Gasteiger partial charge in [0, 0.05) is 12.7 Å². The standard InChI is InChI=1S/C24H23NO/c1-18-12-14-20(15-13-18)17-24(16-19-8-4-3-5-9-19)21-10-6-7-11-22(21)25(2)23(24)26/h3-15H,16-17H2,1-2H3/t24-/m1/s1. The van der Waals surface area contributed by atoms with Crippen molar-refractivity contribution in [1.29, 1.82) is 0 Å². The molecule has 0 aliphatic carbocycles. The molecule has 0 unspecified atom stereocenters. The van der Waals surface area contributed by atoms with Crippen molar-refractivity contribution in [3.8, 4) is 0 Å². The molecule has 26 heavy (non-hydrogen) atoms. The molecule has 0 saturated heterocycles. The molecule has 130 valence electrons. The highest BCUT2D eigenvalue weighted by Crippen LogP contribution is 2.45. The Labute approximate surface area is 155 Å². The summed E-state index contributed by atoms with van der Waals surface area (Å²) in [5.41, 5.74) is 5.24. The SMILES string of the molecule is Cc1ccc(C[C@@]2(Cc3ccccc3)C(=O)N(C)c3ccccc32)cc1. The number of carbonyl (C=O) groups is 1. The number of rotatable bonds is 4. The van der Waals surface area contributed by atoms with Gasteiger partial charge in [0.05, 0.1) is 5.41 Å². The van der Waals surface area contributed by atoms with E-state index in [1.165, 1.54) is 16.7 Å². The fourth-order valence-corrected chi connectivity index (χ4v) is 4.12. The van der Waals surface area contributed by atoms with Gasteiger partial charge in [-0.1, -0.05) is 78.4 Å². The quantitative estimate of drug-likeness (QED) is 0.674. The number of aryl methyl sites for hydroxylation is 1. The first-order valence-electron chi connectivity index (χ1n) is 9.07. The summed E-state index contributed by atoms with van der Waals surface area (Å²) < 4.78 is 0. The Morgan fingerprint density at radius 1 is 0.769 bits per heavy atom. The number of nitrogens with zero attached hydrogens (tertiary/aromatic N) is 1. The molecule has 1 atom stereocenters. The molecule has 0 aromatic heterocycles. The molecule has 2 heteroatoms. The Hall–Kier alpha value is -2.87. The number of anilines is 1. The zero-order valence-electron chi connectivity index (χ0n) is 15.3. The van der Waals surface area contributed by atoms with Crippen LogP contribution in [0.25, 0.3) is 0 Å². The molecule has 0 radical (unpaired) electrons. The van der Waals surface area contributed by atoms with Crippen molar-refractivity contribution < 1.29 is 4.79 Å². The first kappa shape index (κ1) is 16.6. The Morgan fingerprint density at radius 2 is 1.35 bits per heavy atom. The van der Waals surface area contributed by atoms with Crippen molar-refractivity contribution in [3.05, 3.63) is 101 Å². The van der Waals surface area contributed by atoms with Crippen molar-refractivity contribution in [3.63, 3.8) is 0 Å². The van der Waals surface area contributed by atoms with Gasteiger partial charge in [-0.2, -0.15) is 0 Å². The lowest BCUT2D eigenvalue weighted by atomic mass is 9.72. The summed E-state index contributed by atoms with van der Waals surface area (Å²) in [5, 5.41) is 0. The lowest BCUT2D eigenvalue weighted by Gasteiger charge is -2.29. The van der Waals surface area contributed by atoms with Gasteiger partial charge in [-0.15, -0.1) is 0 Å². The van der Waals surface area contributed by atoms with Crippen LogP contribution >= 0.6 is 0 Å². The van der Waals surface area contributed by atoms with Crippen LogP contribution in [-0.4, -0.2) is 13.0 Å². The number of carbonyl (C=O) groups excluding carboxylic acids is 1. The van der Waals surface area contributed by atoms with Gasteiger partial charge < -0.3 is 4.90 Å². The molecular formula is C24H23NO. The molecule has 3 aromatic rings. The van der Waals surface area contributed by atoms with E-state index >= 15 is 0 Å². The second-order valence-electron chi connectivity index (χ2n) is 7.29. The molecule has 0 fully saturated rings. The van der Waals surface area contributed by atoms with Crippen LogP contribution in [0.3, 0.4) is 0 Å². The largest absolute Gasteiger partial charge is 0.314 e. The average molecular weight is 341 g/mol. The van der Waals surface area contributed by atoms with E-state index in [4.69, 9.17) is 0 Å². The van der Waals surface area contributed by atoms with E-state index < -0.39 is 5.41 Å². The minimum absolute atomic E-state index is 0.183. The summed E-state index contributed by atoms with van der Waals surface area (Å²) in [5.74, 6) is 0.183. The van der Waals surface area contributed by atoms with Crippen LogP contribution in [0.15, 0.2) is 78.9 Å². The first-order valence-corrected chi connectivity index (χ1v) is 9.07. The predicted molar refractivity (Wildman–Crippen MR) is 107 cm³/mol. The van der Waals surface area contributed by atoms with E-state index in [1.54, 1.807) is 0 Å². The summed E-state index contributed by atoms with van der Waals surface area (Å²) in [6.07, 6.45) is 1.42. The van der Waals surface area contributed by atoms with Gasteiger partial charge in [-0.3, -0.25) is 4.79 Å². The molecule has 2 nitrogen and oxygen atoms in total. The van der Waals surface area contributed by atoms with Crippen molar-refractivity contribution in [2.75, 3.05) is 11.9 Å². The smallest absolute Gasteiger partial charge is 0.238 e. The molecule has 1 aliphatic heterocycles. The van der Waals surface area contributed by atoms with Crippen LogP contribution in [0.4, 0.5) is 5.69 Å². The van der Waals surface area contributed by atoms with Gasteiger partial charge in [0.1, 0.15) is 0 Å². The van der Waals surface area contributed by atoms with E-state index in [0.29, 0.717) is 12.8 Å². The molecule has 1 amide bonds. The monoisotopic (exact) mass is 341 g/mol. The summed E-state index contributed by atoms with van der Waals surface area (Å²) >= 11 is 0. The summed E-state index contributed by atoms with van der Waals surface area (Å²) in [6, 6.07) is 27.1. The van der Waals surface area contributed by atoms with Crippen molar-refractivity contribution in [2.24, 2.45) is 0 Å². The third-order valence-electron chi connectivity index (χ3n) is 5.47. The summed E-state index contributed by atoms with van der Waals surface area (Å²) in [6.45, 7) is 2.09. The molecule has 0 bridgehead atoms. The second kappa shape index (κ2) is 6.45. The van der Waals surface area contributed by atoms with Gasteiger partial charge >= 0.3 is 0 Å². The van der Waals surface area contributed by atoms with E-state index in [9.17, 15) is 4.79 Å². The fraction of sp³-hybridized carbons (Fsp3) is 0.208. The molecule has 0 saturated carbocycles. The van der Waals surface area contributed by atoms with Crippen molar-refractivity contribution in [1.82, 2.24) is 0 Å². The minimum atomic E-state index is -0.554. The van der Waals surface area contributed by atoms with Gasteiger partial charge in [0.25, 0.3) is 0 Å². The number of amides is 1. The van der Waals surface area contributed by atoms with Gasteiger partial charge in [0.2, 0.25) is 5.91 Å². The van der Waals surface area contributed by atoms with Crippen LogP contribution < -0.4 is 4.90 Å². The topological polar surface area (TPSA) is 20.3 Å². The lowest BCUT2D eigenvalue weighted by molar-refractivity contribution is -0.122. The van der Waals surface area contributed by atoms with Crippen molar-refractivity contribution in [2.45, 2.75) is 25.2 Å². The maximum absolute atomic E-state index is 13.5. The zero-order chi connectivity index (χ0) is 18.1. The van der Waals surface area contributed by atoms with E-state index in [-0.39, 0.29) is 5.91 Å². The third kappa shape index (κ3) is 2.72. The summed E-state index contributed by atoms with van der Waals surface area (Å²) in [4.78, 5) is 15.3. The van der Waals surface area contributed by atoms with Crippen LogP contribution in [0, 0.1) is 6.92 Å². The number of likely N-dealkylation sites (N-methyl/N-ethyl adjacent to an activating group) is 1. The highest BCUT2D eigenvalue weighted by molar-refractivity contribution is 6.08. The Morgan fingerprint density at radius 3 is 2.04 bits per heavy atom. The molecule has 0 N–H and O–H groups in total. The van der Waals surface area contributed by atoms with Crippen LogP contribution in [-0.2, 0) is 23.1 Å². The number of hydrogen-bond acceptors (Lipinski definition) is 1. The van der Waals surface area contributed by atoms with Crippen LogP contribution in [0.5, 0.6) is 0 Å². The highest BCUT2D eigenvalue weighted by atomic mass is 16.2. The Balaban J connectivity index is 1.84. The molecule has 1 heterocycles. The molecule has 1 aliphatic rings. The maximum Gasteiger partial charge on any atom is 0.238 e. The van der Waals surface area contributed by atoms with Crippen molar-refractivity contribution >= 4 is 11.6 Å². The molecule has 0 spiro atoms. The number of para-hydroxylation sites is 1. The molecular weight excluding hydrogens is 318 g/mol. The maximum atomic E-state index is 13.5. The van der Waals surface area contributed by atoms with E-state index in [1.807, 2.05) is 42.3 Å². The van der Waals surface area contributed by atoms with Crippen LogP contribution in [0.1, 0.15) is 22.3 Å². The highest BCUT2D eigenvalue weighted by Gasteiger charge is 2.49. The molecule has 3 aromatic carbocycles. The van der Waals surface area contributed by atoms with E-state index in [0.717, 1.165) is 11.3 Å². The minimum Gasteiger partial charge on any atom is -0.314 e. The molecule has 4 rings (SSSR count). The normalized spacial score (nSPS) is 18.8. The average Bonchev–Trinajstić information content (AvgIpc) is 2.87. The lowest BCUT2D eigenvalue weighted by Crippen LogP contribution is -2.42. The van der Waals surface area contributed by atoms with Gasteiger partial charge in [-0.25, -0.2) is 0 Å². The van der Waals surface area contributed by atoms with Gasteiger partial charge in [-0.05, 0) is 42.5 Å². The van der Waals surface area contributed by atoms with Crippen LogP contribution in [0.2, 0.25) is 0 Å². The number of fused-ring (bicyclic) bond motifs is 1. The first-order chi connectivity index (χ1) is 12.6. The third-order valence-corrected chi connectivity index (χ3v) is 5.47. The number of hydrogen-bond donors (Lipinski definition) is 0. The Bertz CT molecular complexity index is 930. The predicted octanol–water partition coefficient (Wildman–Crippen LogP) is 4.69. The summed E-state index contributed by atoms with van der Waals surface area (Å²) in [7, 11) is 1.89.